The number of amides is 2. The summed E-state index contributed by atoms with van der Waals surface area (Å²) in [6, 6.07) is 5.84. The number of nitrogens with zero attached hydrogens (tertiary/aromatic N) is 2. The van der Waals surface area contributed by atoms with Gasteiger partial charge in [-0.2, -0.15) is 5.10 Å². The average molecular weight is 448 g/mol. The van der Waals surface area contributed by atoms with Gasteiger partial charge < -0.3 is 0 Å². The summed E-state index contributed by atoms with van der Waals surface area (Å²) in [6.07, 6.45) is 3.38. The number of H-pyrrole nitrogens is 1. The van der Waals surface area contributed by atoms with Crippen molar-refractivity contribution in [3.63, 3.8) is 0 Å². The van der Waals surface area contributed by atoms with Gasteiger partial charge >= 0.3 is 0 Å². The topological polar surface area (TPSA) is 91.8 Å². The number of carbonyl (C=O) groups excluding carboxylic acids is 2. The molecule has 7 nitrogen and oxygen atoms in total. The Bertz CT molecular complexity index is 1080. The van der Waals surface area contributed by atoms with Gasteiger partial charge in [-0.25, -0.2) is 0 Å². The minimum Gasteiger partial charge on any atom is -0.299 e. The molecule has 4 rings (SSSR count). The van der Waals surface area contributed by atoms with Gasteiger partial charge in [0.15, 0.2) is 10.6 Å². The summed E-state index contributed by atoms with van der Waals surface area (Å²) in [7, 11) is 0. The number of aromatic nitrogens is 3. The second-order valence-electron chi connectivity index (χ2n) is 7.14. The van der Waals surface area contributed by atoms with Gasteiger partial charge in [-0.1, -0.05) is 13.0 Å². The van der Waals surface area contributed by atoms with Crippen LogP contribution < -0.4 is 10.9 Å². The molecule has 2 amide bonds. The maximum Gasteiger partial charge on any atom is 0.279 e. The first-order valence-electron chi connectivity index (χ1n) is 9.41. The van der Waals surface area contributed by atoms with Crippen LogP contribution in [0.4, 0.5) is 0 Å². The Hall–Kier alpha value is -2.30. The van der Waals surface area contributed by atoms with E-state index in [1.807, 2.05) is 23.6 Å². The molecule has 0 aromatic carbocycles. The molecule has 1 unspecified atom stereocenters. The Morgan fingerprint density at radius 3 is 3.07 bits per heavy atom. The number of thiophene rings is 2. The van der Waals surface area contributed by atoms with Crippen LogP contribution in [0.3, 0.4) is 0 Å². The van der Waals surface area contributed by atoms with Crippen molar-refractivity contribution in [1.82, 2.24) is 25.6 Å². The van der Waals surface area contributed by atoms with E-state index in [0.717, 1.165) is 24.1 Å². The summed E-state index contributed by atoms with van der Waals surface area (Å²) in [5.74, 6) is 0.805. The van der Waals surface area contributed by atoms with E-state index in [1.54, 1.807) is 15.9 Å². The minimum absolute atomic E-state index is 0.172. The van der Waals surface area contributed by atoms with Crippen molar-refractivity contribution < 1.29 is 9.59 Å². The molecule has 3 heterocycles. The van der Waals surface area contributed by atoms with Gasteiger partial charge in [0.1, 0.15) is 0 Å². The van der Waals surface area contributed by atoms with Crippen LogP contribution in [0.1, 0.15) is 39.9 Å². The predicted octanol–water partition coefficient (Wildman–Crippen LogP) is 3.71. The van der Waals surface area contributed by atoms with Crippen molar-refractivity contribution in [2.75, 3.05) is 0 Å². The third-order valence-corrected chi connectivity index (χ3v) is 7.34. The van der Waals surface area contributed by atoms with E-state index in [2.05, 4.69) is 28.0 Å². The lowest BCUT2D eigenvalue weighted by molar-refractivity contribution is -0.122. The lowest BCUT2D eigenvalue weighted by Gasteiger charge is -2.16. The van der Waals surface area contributed by atoms with Crippen molar-refractivity contribution in [1.29, 1.82) is 0 Å². The van der Waals surface area contributed by atoms with Crippen LogP contribution in [0.2, 0.25) is 0 Å². The van der Waals surface area contributed by atoms with E-state index in [-0.39, 0.29) is 18.2 Å². The average Bonchev–Trinajstić information content (AvgIpc) is 3.43. The number of nitrogens with one attached hydrogen (secondary N) is 3. The Balaban J connectivity index is 1.32. The monoisotopic (exact) mass is 447 g/mol. The largest absolute Gasteiger partial charge is 0.299 e. The number of fused-ring (bicyclic) bond motifs is 1. The smallest absolute Gasteiger partial charge is 0.279 e. The Morgan fingerprint density at radius 1 is 1.41 bits per heavy atom. The molecule has 1 atom stereocenters. The molecule has 0 spiro atoms. The molecule has 0 radical (unpaired) electrons. The molecule has 1 aliphatic rings. The highest BCUT2D eigenvalue weighted by atomic mass is 32.1. The highest BCUT2D eigenvalue weighted by molar-refractivity contribution is 7.71. The molecule has 3 N–H and O–H groups in total. The van der Waals surface area contributed by atoms with Crippen molar-refractivity contribution in [2.45, 2.75) is 39.2 Å². The normalized spacial score (nSPS) is 15.7. The number of carbonyl (C=O) groups is 2. The summed E-state index contributed by atoms with van der Waals surface area (Å²) < 4.78 is 2.25. The second kappa shape index (κ2) is 8.60. The van der Waals surface area contributed by atoms with Crippen LogP contribution in [0.25, 0.3) is 10.7 Å². The van der Waals surface area contributed by atoms with E-state index in [9.17, 15) is 9.59 Å². The lowest BCUT2D eigenvalue weighted by atomic mass is 9.90. The summed E-state index contributed by atoms with van der Waals surface area (Å²) in [5, 5.41) is 8.97. The minimum atomic E-state index is -0.284. The molecule has 0 bridgehead atoms. The fourth-order valence-electron chi connectivity index (χ4n) is 3.40. The van der Waals surface area contributed by atoms with Crippen LogP contribution in [-0.2, 0) is 24.2 Å². The first kappa shape index (κ1) is 20.0. The zero-order chi connectivity index (χ0) is 20.4. The third-order valence-electron chi connectivity index (χ3n) is 4.93. The molecule has 0 fully saturated rings. The summed E-state index contributed by atoms with van der Waals surface area (Å²) in [5.41, 5.74) is 6.28. The van der Waals surface area contributed by atoms with Gasteiger partial charge in [-0.15, -0.1) is 22.7 Å². The molecule has 10 heteroatoms. The van der Waals surface area contributed by atoms with Gasteiger partial charge in [-0.05, 0) is 60.5 Å². The van der Waals surface area contributed by atoms with Crippen molar-refractivity contribution >= 4 is 46.7 Å². The van der Waals surface area contributed by atoms with Crippen LogP contribution in [0, 0.1) is 10.7 Å². The van der Waals surface area contributed by atoms with Gasteiger partial charge in [-0.3, -0.25) is 30.1 Å². The molecule has 29 heavy (non-hydrogen) atoms. The molecule has 1 aliphatic carbocycles. The van der Waals surface area contributed by atoms with Crippen molar-refractivity contribution in [3.05, 3.63) is 43.7 Å². The number of aryl methyl sites for hydroxylation is 1. The molecular weight excluding hydrogens is 426 g/mol. The maximum atomic E-state index is 12.4. The van der Waals surface area contributed by atoms with Crippen LogP contribution >= 0.6 is 34.9 Å². The van der Waals surface area contributed by atoms with Gasteiger partial charge in [0.05, 0.1) is 9.75 Å². The third kappa shape index (κ3) is 4.49. The SMILES string of the molecule is CC1CCc2sc(C(=O)NNC(=O)CCn3c(-c4cccs4)n[nH]c3=S)cc2C1. The first-order valence-corrected chi connectivity index (χ1v) is 11.5. The van der Waals surface area contributed by atoms with Crippen molar-refractivity contribution in [2.24, 2.45) is 5.92 Å². The fourth-order valence-corrected chi connectivity index (χ4v) is 5.45. The standard InChI is InChI=1S/C19H21N5O2S3/c1-11-4-5-13-12(9-11)10-15(29-13)18(26)22-20-16(25)6-7-24-17(21-23-19(24)27)14-3-2-8-28-14/h2-3,8,10-11H,4-7,9H2,1H3,(H,20,25)(H,22,26)(H,23,27). The van der Waals surface area contributed by atoms with E-state index >= 15 is 0 Å². The summed E-state index contributed by atoms with van der Waals surface area (Å²) >= 11 is 8.34. The van der Waals surface area contributed by atoms with Crippen LogP contribution in [-0.4, -0.2) is 26.6 Å². The van der Waals surface area contributed by atoms with E-state index < -0.39 is 0 Å². The summed E-state index contributed by atoms with van der Waals surface area (Å²) in [4.78, 5) is 27.5. The molecular formula is C19H21N5O2S3. The van der Waals surface area contributed by atoms with Gasteiger partial charge in [0, 0.05) is 17.8 Å². The van der Waals surface area contributed by atoms with Crippen LogP contribution in [0.5, 0.6) is 0 Å². The molecule has 0 saturated heterocycles. The molecule has 0 aliphatic heterocycles. The molecule has 152 valence electrons. The predicted molar refractivity (Wildman–Crippen MR) is 116 cm³/mol. The Labute approximate surface area is 181 Å². The lowest BCUT2D eigenvalue weighted by Crippen LogP contribution is -2.41. The molecule has 3 aromatic rings. The second-order valence-corrected chi connectivity index (χ2v) is 9.61. The van der Waals surface area contributed by atoms with E-state index in [0.29, 0.717) is 27.9 Å². The number of hydrazine groups is 1. The van der Waals surface area contributed by atoms with Gasteiger partial charge in [0.25, 0.3) is 5.91 Å². The Kier molecular flexibility index (Phi) is 5.93. The maximum absolute atomic E-state index is 12.4. The van der Waals surface area contributed by atoms with Gasteiger partial charge in [0.2, 0.25) is 5.91 Å². The zero-order valence-electron chi connectivity index (χ0n) is 15.9. The van der Waals surface area contributed by atoms with E-state index in [1.165, 1.54) is 21.8 Å². The highest BCUT2D eigenvalue weighted by Crippen LogP contribution is 2.32. The van der Waals surface area contributed by atoms with Crippen LogP contribution in [0.15, 0.2) is 23.6 Å². The number of aromatic amines is 1. The van der Waals surface area contributed by atoms with E-state index in [4.69, 9.17) is 12.2 Å². The molecule has 0 saturated carbocycles. The van der Waals surface area contributed by atoms with Crippen molar-refractivity contribution in [3.8, 4) is 10.7 Å². The highest BCUT2D eigenvalue weighted by Gasteiger charge is 2.21. The number of hydrogen-bond donors (Lipinski definition) is 3. The zero-order valence-corrected chi connectivity index (χ0v) is 18.3. The first-order chi connectivity index (χ1) is 14.0. The summed E-state index contributed by atoms with van der Waals surface area (Å²) in [6.45, 7) is 2.60. The Morgan fingerprint density at radius 2 is 2.28 bits per heavy atom. The molecule has 3 aromatic heterocycles. The number of hydrogen-bond acceptors (Lipinski definition) is 6. The fraction of sp³-hybridized carbons (Fsp3) is 0.368. The number of rotatable bonds is 5. The quantitative estimate of drug-likeness (QED) is 0.411.